The van der Waals surface area contributed by atoms with Gasteiger partial charge in [0.25, 0.3) is 5.56 Å². The molecule has 0 aliphatic heterocycles. The van der Waals surface area contributed by atoms with Gasteiger partial charge >= 0.3 is 0 Å². The molecule has 0 amide bonds. The molecule has 0 spiro atoms. The van der Waals surface area contributed by atoms with E-state index in [0.29, 0.717) is 0 Å². The largest absolute Gasteiger partial charge is 0.313 e. The van der Waals surface area contributed by atoms with Crippen molar-refractivity contribution in [1.82, 2.24) is 4.57 Å². The highest BCUT2D eigenvalue weighted by atomic mass is 32.1. The predicted octanol–water partition coefficient (Wildman–Crippen LogP) is 2.65. The second-order valence-corrected chi connectivity index (χ2v) is 4.24. The molecule has 15 heavy (non-hydrogen) atoms. The average Bonchev–Trinajstić information content (AvgIpc) is 2.21. The van der Waals surface area contributed by atoms with Crippen LogP contribution < -0.4 is 5.56 Å². The minimum Gasteiger partial charge on any atom is -0.313 e. The number of hydrogen-bond acceptors (Lipinski definition) is 2. The summed E-state index contributed by atoms with van der Waals surface area (Å²) in [4.78, 5) is 11.5. The van der Waals surface area contributed by atoms with E-state index < -0.39 is 0 Å². The zero-order valence-corrected chi connectivity index (χ0v) is 10.2. The van der Waals surface area contributed by atoms with Gasteiger partial charge in [0, 0.05) is 18.3 Å². The molecule has 2 nitrogen and oxygen atoms in total. The van der Waals surface area contributed by atoms with Crippen LogP contribution >= 0.6 is 12.6 Å². The molecule has 0 atom stereocenters. The maximum atomic E-state index is 11.5. The van der Waals surface area contributed by atoms with Crippen molar-refractivity contribution >= 4 is 12.6 Å². The van der Waals surface area contributed by atoms with Gasteiger partial charge in [0.05, 0.1) is 0 Å². The molecule has 1 aromatic heterocycles. The molecule has 3 heteroatoms. The Balaban J connectivity index is 2.40. The summed E-state index contributed by atoms with van der Waals surface area (Å²) in [6, 6.07) is 5.42. The molecule has 1 aromatic rings. The van der Waals surface area contributed by atoms with Gasteiger partial charge in [0.2, 0.25) is 0 Å². The third-order valence-electron chi connectivity index (χ3n) is 2.56. The van der Waals surface area contributed by atoms with Gasteiger partial charge in [-0.2, -0.15) is 12.6 Å². The van der Waals surface area contributed by atoms with Crippen molar-refractivity contribution in [2.24, 2.45) is 0 Å². The molecule has 84 valence electrons. The highest BCUT2D eigenvalue weighted by Crippen LogP contribution is 2.03. The van der Waals surface area contributed by atoms with Crippen LogP contribution in [0.4, 0.5) is 0 Å². The Morgan fingerprint density at radius 2 is 1.93 bits per heavy atom. The van der Waals surface area contributed by atoms with Crippen LogP contribution in [0.3, 0.4) is 0 Å². The number of aryl methyl sites for hydroxylation is 1. The van der Waals surface area contributed by atoms with Crippen LogP contribution in [0.15, 0.2) is 23.0 Å². The van der Waals surface area contributed by atoms with E-state index in [1.807, 2.05) is 23.6 Å². The van der Waals surface area contributed by atoms with E-state index in [-0.39, 0.29) is 5.56 Å². The van der Waals surface area contributed by atoms with Gasteiger partial charge < -0.3 is 4.57 Å². The first-order chi connectivity index (χ1) is 7.25. The number of hydrogen-bond donors (Lipinski definition) is 1. The Bertz CT molecular complexity index is 346. The second-order valence-electron chi connectivity index (χ2n) is 3.79. The Labute approximate surface area is 96.7 Å². The summed E-state index contributed by atoms with van der Waals surface area (Å²) in [7, 11) is 0. The van der Waals surface area contributed by atoms with E-state index in [2.05, 4.69) is 12.6 Å². The van der Waals surface area contributed by atoms with E-state index in [9.17, 15) is 4.79 Å². The number of pyridine rings is 1. The first-order valence-corrected chi connectivity index (χ1v) is 6.16. The molecule has 1 rings (SSSR count). The quantitative estimate of drug-likeness (QED) is 0.583. The lowest BCUT2D eigenvalue weighted by Crippen LogP contribution is -2.20. The van der Waals surface area contributed by atoms with E-state index >= 15 is 0 Å². The van der Waals surface area contributed by atoms with Gasteiger partial charge in [-0.05, 0) is 31.6 Å². The number of unbranched alkanes of at least 4 members (excludes halogenated alkanes) is 3. The van der Waals surface area contributed by atoms with Crippen LogP contribution in [0.5, 0.6) is 0 Å². The fourth-order valence-corrected chi connectivity index (χ4v) is 1.87. The first-order valence-electron chi connectivity index (χ1n) is 5.53. The molecular formula is C12H19NOS. The summed E-state index contributed by atoms with van der Waals surface area (Å²) in [5.74, 6) is 0.963. The van der Waals surface area contributed by atoms with E-state index in [1.165, 1.54) is 19.3 Å². The van der Waals surface area contributed by atoms with E-state index in [1.54, 1.807) is 6.07 Å². The van der Waals surface area contributed by atoms with Crippen LogP contribution in [0.1, 0.15) is 31.4 Å². The summed E-state index contributed by atoms with van der Waals surface area (Å²) in [5.41, 5.74) is 1.17. The molecule has 0 saturated heterocycles. The molecule has 0 unspecified atom stereocenters. The molecule has 0 aromatic carbocycles. The number of nitrogens with zero attached hydrogens (tertiary/aromatic N) is 1. The standard InChI is InChI=1S/C12H19NOS/c1-11-7-6-8-12(14)13(11)9-4-2-3-5-10-15/h6-8,15H,2-5,9-10H2,1H3. The first kappa shape index (κ1) is 12.4. The minimum atomic E-state index is 0.115. The van der Waals surface area contributed by atoms with Crippen molar-refractivity contribution < 1.29 is 0 Å². The third-order valence-corrected chi connectivity index (χ3v) is 2.87. The Kier molecular flexibility index (Phi) is 5.54. The molecule has 0 saturated carbocycles. The number of thiol groups is 1. The predicted molar refractivity (Wildman–Crippen MR) is 67.8 cm³/mol. The normalized spacial score (nSPS) is 10.5. The second kappa shape index (κ2) is 6.72. The maximum absolute atomic E-state index is 11.5. The molecule has 0 bridgehead atoms. The zero-order chi connectivity index (χ0) is 11.1. The van der Waals surface area contributed by atoms with Crippen molar-refractivity contribution in [3.05, 3.63) is 34.2 Å². The van der Waals surface area contributed by atoms with Crippen LogP contribution in [-0.2, 0) is 6.54 Å². The molecular weight excluding hydrogens is 206 g/mol. The van der Waals surface area contributed by atoms with E-state index in [4.69, 9.17) is 0 Å². The summed E-state index contributed by atoms with van der Waals surface area (Å²) in [6.45, 7) is 2.83. The van der Waals surface area contributed by atoms with Crippen LogP contribution in [0, 0.1) is 6.92 Å². The molecule has 0 N–H and O–H groups in total. The van der Waals surface area contributed by atoms with Crippen molar-refractivity contribution in [2.45, 2.75) is 39.2 Å². The highest BCUT2D eigenvalue weighted by Gasteiger charge is 1.98. The Hall–Kier alpha value is -0.700. The molecule has 0 radical (unpaired) electrons. The van der Waals surface area contributed by atoms with Crippen LogP contribution in [-0.4, -0.2) is 10.3 Å². The monoisotopic (exact) mass is 225 g/mol. The number of rotatable bonds is 6. The van der Waals surface area contributed by atoms with Crippen LogP contribution in [0.25, 0.3) is 0 Å². The number of aromatic nitrogens is 1. The SMILES string of the molecule is Cc1cccc(=O)n1CCCCCCS. The van der Waals surface area contributed by atoms with Gasteiger partial charge in [-0.3, -0.25) is 4.79 Å². The van der Waals surface area contributed by atoms with Gasteiger partial charge in [0.1, 0.15) is 0 Å². The van der Waals surface area contributed by atoms with Crippen molar-refractivity contribution in [3.63, 3.8) is 0 Å². The van der Waals surface area contributed by atoms with Gasteiger partial charge in [-0.1, -0.05) is 18.9 Å². The average molecular weight is 225 g/mol. The fraction of sp³-hybridized carbons (Fsp3) is 0.583. The Morgan fingerprint density at radius 3 is 2.60 bits per heavy atom. The topological polar surface area (TPSA) is 22.0 Å². The maximum Gasteiger partial charge on any atom is 0.250 e. The third kappa shape index (κ3) is 4.12. The lowest BCUT2D eigenvalue weighted by atomic mass is 10.2. The molecule has 0 aliphatic rings. The van der Waals surface area contributed by atoms with Crippen molar-refractivity contribution in [3.8, 4) is 0 Å². The summed E-state index contributed by atoms with van der Waals surface area (Å²) in [6.07, 6.45) is 4.65. The van der Waals surface area contributed by atoms with E-state index in [0.717, 1.165) is 24.4 Å². The van der Waals surface area contributed by atoms with Gasteiger partial charge in [0.15, 0.2) is 0 Å². The summed E-state index contributed by atoms with van der Waals surface area (Å²) < 4.78 is 1.85. The lowest BCUT2D eigenvalue weighted by Gasteiger charge is -2.08. The van der Waals surface area contributed by atoms with Gasteiger partial charge in [-0.15, -0.1) is 0 Å². The molecule has 0 fully saturated rings. The van der Waals surface area contributed by atoms with Crippen molar-refractivity contribution in [2.75, 3.05) is 5.75 Å². The summed E-state index contributed by atoms with van der Waals surface area (Å²) in [5, 5.41) is 0. The highest BCUT2D eigenvalue weighted by molar-refractivity contribution is 7.80. The lowest BCUT2D eigenvalue weighted by molar-refractivity contribution is 0.562. The Morgan fingerprint density at radius 1 is 1.20 bits per heavy atom. The molecule has 1 heterocycles. The fourth-order valence-electron chi connectivity index (χ4n) is 1.65. The summed E-state index contributed by atoms with van der Waals surface area (Å²) >= 11 is 4.17. The smallest absolute Gasteiger partial charge is 0.250 e. The van der Waals surface area contributed by atoms with Gasteiger partial charge in [-0.25, -0.2) is 0 Å². The molecule has 0 aliphatic carbocycles. The van der Waals surface area contributed by atoms with Crippen molar-refractivity contribution in [1.29, 1.82) is 0 Å². The minimum absolute atomic E-state index is 0.115. The zero-order valence-electron chi connectivity index (χ0n) is 9.28. The van der Waals surface area contributed by atoms with Crippen LogP contribution in [0.2, 0.25) is 0 Å².